The van der Waals surface area contributed by atoms with Crippen LogP contribution in [0.3, 0.4) is 0 Å². The van der Waals surface area contributed by atoms with Crippen molar-refractivity contribution in [1.29, 1.82) is 0 Å². The molecule has 0 saturated carbocycles. The molecule has 1 atom stereocenters. The molecule has 88 heavy (non-hydrogen) atoms. The Morgan fingerprint density at radius 3 is 0.739 bits per heavy atom. The van der Waals surface area contributed by atoms with Crippen LogP contribution in [0, 0.1) is 0 Å². The Kier molecular flexibility index (Phi) is 77.2. The number of aliphatic hydroxyl groups is 1. The minimum Gasteiger partial charge on any atom is -0.462 e. The Morgan fingerprint density at radius 2 is 0.489 bits per heavy atom. The zero-order chi connectivity index (χ0) is 63.3. The van der Waals surface area contributed by atoms with Crippen LogP contribution in [0.5, 0.6) is 0 Å². The van der Waals surface area contributed by atoms with Gasteiger partial charge in [0.2, 0.25) is 0 Å². The van der Waals surface area contributed by atoms with Crippen molar-refractivity contribution in [3.8, 4) is 0 Å². The van der Waals surface area contributed by atoms with E-state index in [1.54, 1.807) is 0 Å². The average Bonchev–Trinajstić information content (AvgIpc) is 3.56. The molecule has 0 aliphatic heterocycles. The van der Waals surface area contributed by atoms with Crippen molar-refractivity contribution in [3.63, 3.8) is 0 Å². The van der Waals surface area contributed by atoms with E-state index >= 15 is 0 Å². The van der Waals surface area contributed by atoms with Crippen LogP contribution < -0.4 is 0 Å². The minimum atomic E-state index is -0.771. The van der Waals surface area contributed by atoms with Crippen LogP contribution in [0.25, 0.3) is 0 Å². The summed E-state index contributed by atoms with van der Waals surface area (Å²) >= 11 is 0. The molecule has 0 aromatic heterocycles. The summed E-state index contributed by atoms with van der Waals surface area (Å²) < 4.78 is 10.8. The van der Waals surface area contributed by atoms with E-state index in [1.807, 2.05) is 0 Å². The smallest absolute Gasteiger partial charge is 0.306 e. The first kappa shape index (κ1) is 85.9. The highest BCUT2D eigenvalue weighted by atomic mass is 16.6. The van der Waals surface area contributed by atoms with Crippen molar-refractivity contribution < 1.29 is 24.2 Å². The maximum absolute atomic E-state index is 12.4. The van der Waals surface area contributed by atoms with Crippen LogP contribution in [0.15, 0.2) is 48.6 Å². The number of allylic oxidation sites excluding steroid dienone is 8. The van der Waals surface area contributed by atoms with Gasteiger partial charge in [0.25, 0.3) is 0 Å². The zero-order valence-corrected chi connectivity index (χ0v) is 59.8. The summed E-state index contributed by atoms with van der Waals surface area (Å²) in [6.45, 7) is 4.10. The Bertz CT molecular complexity index is 1450. The topological polar surface area (TPSA) is 72.8 Å². The van der Waals surface area contributed by atoms with Crippen molar-refractivity contribution >= 4 is 11.9 Å². The quantitative estimate of drug-likeness (QED) is 0.0373. The molecule has 0 aliphatic rings. The molecule has 5 nitrogen and oxygen atoms in total. The fraction of sp³-hybridized carbons (Fsp3) is 0.880. The number of rotatable bonds is 76. The van der Waals surface area contributed by atoms with Gasteiger partial charge >= 0.3 is 11.9 Å². The van der Waals surface area contributed by atoms with E-state index in [0.29, 0.717) is 12.8 Å². The SMILES string of the molecule is CC/C=C\C/C=C\C/C=C\C/C=C\CCCCCCCCCCCCCCCCCCCCCCC(=O)OC(CO)COC(=O)CCCCCCCCCCCCCCCCCCCCCCCCCCCCCCCCCCCCCCCCCCC. The van der Waals surface area contributed by atoms with Crippen molar-refractivity contribution in [2.75, 3.05) is 13.2 Å². The van der Waals surface area contributed by atoms with E-state index in [0.717, 1.165) is 57.8 Å². The molecule has 0 spiro atoms. The van der Waals surface area contributed by atoms with Gasteiger partial charge in [0.1, 0.15) is 6.61 Å². The largest absolute Gasteiger partial charge is 0.462 e. The summed E-state index contributed by atoms with van der Waals surface area (Å²) in [4.78, 5) is 24.7. The van der Waals surface area contributed by atoms with E-state index in [9.17, 15) is 14.7 Å². The Hall–Kier alpha value is -2.14. The number of esters is 2. The number of unbranched alkanes of at least 4 members (excludes halogenated alkanes) is 60. The standard InChI is InChI=1S/C83H156O5/c1-3-5-7-9-11-13-15-17-19-21-23-25-27-29-31-33-35-37-38-39-40-41-42-43-44-46-47-49-51-53-55-57-59-61-63-65-67-69-71-73-75-77-82(85)87-80-81(79-84)88-83(86)78-76-74-72-70-68-66-64-62-60-58-56-54-52-50-48-45-36-34-32-30-28-26-24-22-20-18-16-14-12-10-8-6-4-2/h6,8,12,14,18,20,24,26,81,84H,3-5,7,9-11,13,15-17,19,21-23,25,27-80H2,1-2H3/b8-6-,14-12-,20-18-,26-24-. The molecule has 0 amide bonds. The highest BCUT2D eigenvalue weighted by Gasteiger charge is 2.16. The molecule has 0 heterocycles. The highest BCUT2D eigenvalue weighted by Crippen LogP contribution is 2.20. The molecular weight excluding hydrogens is 1080 g/mol. The number of carbonyl (C=O) groups is 2. The zero-order valence-electron chi connectivity index (χ0n) is 59.8. The van der Waals surface area contributed by atoms with Crippen molar-refractivity contribution in [2.24, 2.45) is 0 Å². The maximum Gasteiger partial charge on any atom is 0.306 e. The van der Waals surface area contributed by atoms with Gasteiger partial charge in [-0.15, -0.1) is 0 Å². The molecule has 0 aromatic rings. The number of carbonyl (C=O) groups excluding carboxylic acids is 2. The van der Waals surface area contributed by atoms with Gasteiger partial charge < -0.3 is 14.6 Å². The average molecular weight is 1230 g/mol. The lowest BCUT2D eigenvalue weighted by Gasteiger charge is -2.15. The number of ether oxygens (including phenoxy) is 2. The molecular formula is C83H156O5. The van der Waals surface area contributed by atoms with Crippen molar-refractivity contribution in [1.82, 2.24) is 0 Å². The summed E-state index contributed by atoms with van der Waals surface area (Å²) in [6.07, 6.45) is 108. The van der Waals surface area contributed by atoms with Gasteiger partial charge in [-0.25, -0.2) is 0 Å². The van der Waals surface area contributed by atoms with E-state index in [-0.39, 0.29) is 25.2 Å². The number of hydrogen-bond acceptors (Lipinski definition) is 5. The molecule has 1 N–H and O–H groups in total. The molecule has 0 rings (SSSR count). The third kappa shape index (κ3) is 76.3. The lowest BCUT2D eigenvalue weighted by Crippen LogP contribution is -2.28. The molecule has 0 bridgehead atoms. The number of aliphatic hydroxyl groups excluding tert-OH is 1. The second-order valence-electron chi connectivity index (χ2n) is 27.5. The first-order valence-corrected chi connectivity index (χ1v) is 40.2. The summed E-state index contributed by atoms with van der Waals surface area (Å²) in [5.74, 6) is -0.563. The molecule has 518 valence electrons. The lowest BCUT2D eigenvalue weighted by atomic mass is 10.0. The predicted molar refractivity (Wildman–Crippen MR) is 390 cm³/mol. The van der Waals surface area contributed by atoms with Gasteiger partial charge in [0, 0.05) is 12.8 Å². The molecule has 5 heteroatoms. The van der Waals surface area contributed by atoms with Crippen LogP contribution in [-0.2, 0) is 19.1 Å². The fourth-order valence-corrected chi connectivity index (χ4v) is 12.7. The summed E-state index contributed by atoms with van der Waals surface area (Å²) in [7, 11) is 0. The highest BCUT2D eigenvalue weighted by molar-refractivity contribution is 5.70. The second kappa shape index (κ2) is 79.1. The summed E-state index contributed by atoms with van der Waals surface area (Å²) in [6, 6.07) is 0. The Balaban J connectivity index is 3.35. The number of hydrogen-bond donors (Lipinski definition) is 1. The van der Waals surface area contributed by atoms with Crippen molar-refractivity contribution in [3.05, 3.63) is 48.6 Å². The van der Waals surface area contributed by atoms with E-state index in [4.69, 9.17) is 9.47 Å². The minimum absolute atomic E-state index is 0.0591. The Labute approximate surface area is 551 Å². The molecule has 1 unspecified atom stereocenters. The van der Waals surface area contributed by atoms with Crippen LogP contribution in [-0.4, -0.2) is 36.4 Å². The second-order valence-corrected chi connectivity index (χ2v) is 27.5. The van der Waals surface area contributed by atoms with Gasteiger partial charge in [-0.1, -0.05) is 435 Å². The third-order valence-electron chi connectivity index (χ3n) is 18.6. The van der Waals surface area contributed by atoms with Gasteiger partial charge in [-0.2, -0.15) is 0 Å². The van der Waals surface area contributed by atoms with Gasteiger partial charge in [-0.05, 0) is 51.4 Å². The Morgan fingerprint density at radius 1 is 0.273 bits per heavy atom. The van der Waals surface area contributed by atoms with Crippen LogP contribution in [0.2, 0.25) is 0 Å². The van der Waals surface area contributed by atoms with Gasteiger partial charge in [-0.3, -0.25) is 9.59 Å². The first-order valence-electron chi connectivity index (χ1n) is 40.2. The van der Waals surface area contributed by atoms with E-state index in [2.05, 4.69) is 62.5 Å². The molecule has 0 radical (unpaired) electrons. The van der Waals surface area contributed by atoms with Gasteiger partial charge in [0.15, 0.2) is 6.10 Å². The summed E-state index contributed by atoms with van der Waals surface area (Å²) in [5.41, 5.74) is 0. The molecule has 0 aliphatic carbocycles. The van der Waals surface area contributed by atoms with Crippen molar-refractivity contribution in [2.45, 2.75) is 457 Å². The molecule has 0 aromatic carbocycles. The lowest BCUT2D eigenvalue weighted by molar-refractivity contribution is -0.161. The molecule has 0 fully saturated rings. The normalized spacial score (nSPS) is 12.4. The monoisotopic (exact) mass is 1230 g/mol. The molecule has 0 saturated heterocycles. The third-order valence-corrected chi connectivity index (χ3v) is 18.6. The van der Waals surface area contributed by atoms with Crippen LogP contribution >= 0.6 is 0 Å². The predicted octanol–water partition coefficient (Wildman–Crippen LogP) is 28.2. The first-order chi connectivity index (χ1) is 43.6. The van der Waals surface area contributed by atoms with E-state index < -0.39 is 6.10 Å². The van der Waals surface area contributed by atoms with Crippen LogP contribution in [0.1, 0.15) is 450 Å². The summed E-state index contributed by atoms with van der Waals surface area (Å²) in [5, 5.41) is 9.73. The van der Waals surface area contributed by atoms with Gasteiger partial charge in [0.05, 0.1) is 6.61 Å². The fourth-order valence-electron chi connectivity index (χ4n) is 12.7. The van der Waals surface area contributed by atoms with E-state index in [1.165, 1.54) is 366 Å². The maximum atomic E-state index is 12.4. The van der Waals surface area contributed by atoms with Crippen LogP contribution in [0.4, 0.5) is 0 Å².